The van der Waals surface area contributed by atoms with Crippen LogP contribution in [0.3, 0.4) is 0 Å². The molecular formula is C22H15BrN4OS. The Morgan fingerprint density at radius 3 is 2.48 bits per heavy atom. The molecule has 5 nitrogen and oxygen atoms in total. The van der Waals surface area contributed by atoms with Gasteiger partial charge in [-0.15, -0.1) is 11.3 Å². The zero-order valence-electron chi connectivity index (χ0n) is 15.4. The molecule has 0 saturated heterocycles. The average Bonchev–Trinajstić information content (AvgIpc) is 3.03. The van der Waals surface area contributed by atoms with Crippen LogP contribution < -0.4 is 11.5 Å². The fraction of sp³-hybridized carbons (Fsp3) is 0.0455. The van der Waals surface area contributed by atoms with E-state index in [0.29, 0.717) is 31.9 Å². The zero-order chi connectivity index (χ0) is 20.7. The molecule has 4 rings (SSSR count). The highest BCUT2D eigenvalue weighted by atomic mass is 79.9. The fourth-order valence-electron chi connectivity index (χ4n) is 3.31. The van der Waals surface area contributed by atoms with Crippen LogP contribution in [0.1, 0.15) is 26.4 Å². The van der Waals surface area contributed by atoms with E-state index in [4.69, 9.17) is 11.5 Å². The smallest absolute Gasteiger partial charge is 0.205 e. The minimum atomic E-state index is -0.189. The van der Waals surface area contributed by atoms with Crippen LogP contribution in [-0.4, -0.2) is 10.8 Å². The number of carbonyl (C=O) groups excluding carboxylic acids is 1. The minimum Gasteiger partial charge on any atom is -0.397 e. The van der Waals surface area contributed by atoms with Crippen LogP contribution in [0, 0.1) is 18.3 Å². The molecule has 0 saturated carbocycles. The lowest BCUT2D eigenvalue weighted by atomic mass is 9.93. The zero-order valence-corrected chi connectivity index (χ0v) is 17.8. The normalized spacial score (nSPS) is 10.8. The Labute approximate surface area is 179 Å². The summed E-state index contributed by atoms with van der Waals surface area (Å²) in [5.74, 6) is -0.0621. The van der Waals surface area contributed by atoms with Gasteiger partial charge in [-0.1, -0.05) is 40.2 Å². The largest absolute Gasteiger partial charge is 0.397 e. The summed E-state index contributed by atoms with van der Waals surface area (Å²) in [6, 6.07) is 16.9. The molecule has 0 atom stereocenters. The number of carbonyl (C=O) groups is 1. The molecule has 0 amide bonds. The maximum Gasteiger partial charge on any atom is 0.205 e. The van der Waals surface area contributed by atoms with E-state index < -0.39 is 0 Å². The van der Waals surface area contributed by atoms with Crippen molar-refractivity contribution in [3.63, 3.8) is 0 Å². The summed E-state index contributed by atoms with van der Waals surface area (Å²) in [5.41, 5.74) is 16.1. The van der Waals surface area contributed by atoms with E-state index in [2.05, 4.69) is 27.0 Å². The molecule has 0 aliphatic rings. The number of ketones is 1. The first-order chi connectivity index (χ1) is 13.9. The lowest BCUT2D eigenvalue weighted by Gasteiger charge is -2.12. The number of pyridine rings is 1. The highest BCUT2D eigenvalue weighted by Gasteiger charge is 2.25. The van der Waals surface area contributed by atoms with E-state index in [0.717, 1.165) is 15.6 Å². The van der Waals surface area contributed by atoms with Crippen LogP contribution >= 0.6 is 27.3 Å². The van der Waals surface area contributed by atoms with Crippen LogP contribution in [0.5, 0.6) is 0 Å². The Morgan fingerprint density at radius 2 is 1.83 bits per heavy atom. The number of halogens is 1. The number of rotatable bonds is 3. The van der Waals surface area contributed by atoms with Crippen LogP contribution in [0.4, 0.5) is 11.5 Å². The lowest BCUT2D eigenvalue weighted by molar-refractivity contribution is 0.104. The molecule has 0 fully saturated rings. The van der Waals surface area contributed by atoms with Crippen molar-refractivity contribution in [3.8, 4) is 17.2 Å². The first-order valence-electron chi connectivity index (χ1n) is 8.70. The van der Waals surface area contributed by atoms with Crippen molar-refractivity contribution >= 4 is 54.8 Å². The summed E-state index contributed by atoms with van der Waals surface area (Å²) in [4.78, 5) is 18.4. The molecule has 4 aromatic rings. The number of aromatic nitrogens is 1. The van der Waals surface area contributed by atoms with Gasteiger partial charge in [-0.05, 0) is 42.3 Å². The van der Waals surface area contributed by atoms with Crippen molar-refractivity contribution in [1.29, 1.82) is 5.26 Å². The average molecular weight is 463 g/mol. The SMILES string of the molecule is Cc1ccccc1-c1c(C#N)c(N)nc2sc(C(=O)c3ccc(Br)cc3)c(N)c12. The van der Waals surface area contributed by atoms with Gasteiger partial charge >= 0.3 is 0 Å². The van der Waals surface area contributed by atoms with Crippen molar-refractivity contribution in [2.24, 2.45) is 0 Å². The van der Waals surface area contributed by atoms with Gasteiger partial charge in [-0.25, -0.2) is 4.98 Å². The molecule has 0 radical (unpaired) electrons. The van der Waals surface area contributed by atoms with Gasteiger partial charge in [0.2, 0.25) is 5.78 Å². The number of hydrogen-bond acceptors (Lipinski definition) is 6. The number of nitrogens with two attached hydrogens (primary N) is 2. The number of hydrogen-bond donors (Lipinski definition) is 2. The lowest BCUT2D eigenvalue weighted by Crippen LogP contribution is -2.03. The first-order valence-corrected chi connectivity index (χ1v) is 10.3. The molecule has 0 unspecified atom stereocenters. The van der Waals surface area contributed by atoms with E-state index >= 15 is 0 Å². The van der Waals surface area contributed by atoms with Crippen molar-refractivity contribution in [1.82, 2.24) is 4.98 Å². The van der Waals surface area contributed by atoms with Gasteiger partial charge in [-0.3, -0.25) is 4.79 Å². The summed E-state index contributed by atoms with van der Waals surface area (Å²) in [7, 11) is 0. The third-order valence-electron chi connectivity index (χ3n) is 4.74. The highest BCUT2D eigenvalue weighted by Crippen LogP contribution is 2.43. The monoisotopic (exact) mass is 462 g/mol. The number of thiophene rings is 1. The van der Waals surface area contributed by atoms with Crippen molar-refractivity contribution in [2.45, 2.75) is 6.92 Å². The molecule has 0 bridgehead atoms. The molecule has 0 aliphatic carbocycles. The number of benzene rings is 2. The summed E-state index contributed by atoms with van der Waals surface area (Å²) < 4.78 is 0.883. The van der Waals surface area contributed by atoms with E-state index in [1.54, 1.807) is 24.3 Å². The van der Waals surface area contributed by atoms with Gasteiger partial charge < -0.3 is 11.5 Å². The number of fused-ring (bicyclic) bond motifs is 1. The standard InChI is InChI=1S/C22H15BrN4OS/c1-11-4-2-3-5-14(11)16-15(10-24)21(26)27-22-17(16)18(25)20(29-22)19(28)12-6-8-13(23)9-7-12/h2-9H,25H2,1H3,(H2,26,27). The fourth-order valence-corrected chi connectivity index (χ4v) is 4.65. The molecule has 7 heteroatoms. The second-order valence-electron chi connectivity index (χ2n) is 6.53. The quantitative estimate of drug-likeness (QED) is 0.401. The van der Waals surface area contributed by atoms with Crippen molar-refractivity contribution in [2.75, 3.05) is 11.5 Å². The van der Waals surface area contributed by atoms with E-state index in [9.17, 15) is 10.1 Å². The van der Waals surface area contributed by atoms with E-state index in [1.807, 2.05) is 31.2 Å². The Kier molecular flexibility index (Phi) is 4.82. The molecule has 142 valence electrons. The predicted octanol–water partition coefficient (Wildman–Crippen LogP) is 5.30. The van der Waals surface area contributed by atoms with Crippen molar-refractivity contribution in [3.05, 3.63) is 74.6 Å². The Bertz CT molecular complexity index is 1320. The second-order valence-corrected chi connectivity index (χ2v) is 8.45. The summed E-state index contributed by atoms with van der Waals surface area (Å²) in [6.45, 7) is 1.95. The van der Waals surface area contributed by atoms with Crippen LogP contribution in [0.2, 0.25) is 0 Å². The maximum absolute atomic E-state index is 13.1. The van der Waals surface area contributed by atoms with Gasteiger partial charge in [0.25, 0.3) is 0 Å². The Morgan fingerprint density at radius 1 is 1.14 bits per heavy atom. The first kappa shape index (κ1) is 19.1. The number of anilines is 2. The third kappa shape index (κ3) is 3.16. The Hall–Kier alpha value is -3.21. The molecule has 4 N–H and O–H groups in total. The highest BCUT2D eigenvalue weighted by molar-refractivity contribution is 9.10. The maximum atomic E-state index is 13.1. The van der Waals surface area contributed by atoms with Crippen LogP contribution in [0.25, 0.3) is 21.3 Å². The summed E-state index contributed by atoms with van der Waals surface area (Å²) in [6.07, 6.45) is 0. The van der Waals surface area contributed by atoms with Gasteiger partial charge in [0.05, 0.1) is 5.69 Å². The summed E-state index contributed by atoms with van der Waals surface area (Å²) in [5, 5.41) is 10.3. The molecule has 29 heavy (non-hydrogen) atoms. The molecule has 0 spiro atoms. The van der Waals surface area contributed by atoms with E-state index in [-0.39, 0.29) is 17.2 Å². The molecule has 2 aromatic heterocycles. The van der Waals surface area contributed by atoms with E-state index in [1.165, 1.54) is 11.3 Å². The van der Waals surface area contributed by atoms with Crippen LogP contribution in [0.15, 0.2) is 53.0 Å². The second kappa shape index (κ2) is 7.32. The Balaban J connectivity index is 2.03. The van der Waals surface area contributed by atoms with Crippen LogP contribution in [-0.2, 0) is 0 Å². The van der Waals surface area contributed by atoms with Crippen molar-refractivity contribution < 1.29 is 4.79 Å². The predicted molar refractivity (Wildman–Crippen MR) is 121 cm³/mol. The number of aryl methyl sites for hydroxylation is 1. The van der Waals surface area contributed by atoms with Gasteiger partial charge in [0.1, 0.15) is 27.2 Å². The van der Waals surface area contributed by atoms with Gasteiger partial charge in [-0.2, -0.15) is 5.26 Å². The van der Waals surface area contributed by atoms with Gasteiger partial charge in [0, 0.05) is 21.0 Å². The summed E-state index contributed by atoms with van der Waals surface area (Å²) >= 11 is 4.56. The number of nitrogens with zero attached hydrogens (tertiary/aromatic N) is 2. The molecule has 2 aromatic carbocycles. The van der Waals surface area contributed by atoms with Gasteiger partial charge in [0.15, 0.2) is 0 Å². The number of nitrogen functional groups attached to an aromatic ring is 2. The molecule has 2 heterocycles. The molecule has 0 aliphatic heterocycles. The number of nitriles is 1. The molecular weight excluding hydrogens is 448 g/mol. The topological polar surface area (TPSA) is 106 Å². The minimum absolute atomic E-state index is 0.127. The third-order valence-corrected chi connectivity index (χ3v) is 6.37.